The normalized spacial score (nSPS) is 16.5. The minimum Gasteiger partial charge on any atom is -0.373 e. The SMILES string of the molecule is CNc1cc(CN(CC(C)C)C2CCCC2)ccn1. The molecular formula is C16H27N3. The van der Waals surface area contributed by atoms with Gasteiger partial charge in [-0.2, -0.15) is 0 Å². The van der Waals surface area contributed by atoms with Gasteiger partial charge in [0.2, 0.25) is 0 Å². The van der Waals surface area contributed by atoms with Crippen LogP contribution in [0.15, 0.2) is 18.3 Å². The van der Waals surface area contributed by atoms with Gasteiger partial charge in [-0.15, -0.1) is 0 Å². The van der Waals surface area contributed by atoms with Crippen molar-refractivity contribution in [1.82, 2.24) is 9.88 Å². The highest BCUT2D eigenvalue weighted by molar-refractivity contribution is 5.36. The molecule has 1 N–H and O–H groups in total. The van der Waals surface area contributed by atoms with Crippen LogP contribution in [0.5, 0.6) is 0 Å². The van der Waals surface area contributed by atoms with E-state index in [4.69, 9.17) is 0 Å². The molecule has 1 fully saturated rings. The van der Waals surface area contributed by atoms with E-state index in [2.05, 4.69) is 41.2 Å². The molecule has 3 heteroatoms. The molecule has 0 amide bonds. The summed E-state index contributed by atoms with van der Waals surface area (Å²) in [6.45, 7) is 6.88. The van der Waals surface area contributed by atoms with E-state index in [9.17, 15) is 0 Å². The van der Waals surface area contributed by atoms with Crippen molar-refractivity contribution < 1.29 is 0 Å². The Bertz CT molecular complexity index is 383. The minimum atomic E-state index is 0.728. The van der Waals surface area contributed by atoms with Crippen LogP contribution >= 0.6 is 0 Å². The van der Waals surface area contributed by atoms with Crippen molar-refractivity contribution in [2.45, 2.75) is 52.1 Å². The fourth-order valence-corrected chi connectivity index (χ4v) is 3.03. The van der Waals surface area contributed by atoms with Gasteiger partial charge in [-0.05, 0) is 36.5 Å². The van der Waals surface area contributed by atoms with Gasteiger partial charge >= 0.3 is 0 Å². The first-order valence-electron chi connectivity index (χ1n) is 7.55. The highest BCUT2D eigenvalue weighted by Gasteiger charge is 2.23. The van der Waals surface area contributed by atoms with Gasteiger partial charge in [0.1, 0.15) is 5.82 Å². The van der Waals surface area contributed by atoms with Gasteiger partial charge in [0, 0.05) is 32.4 Å². The smallest absolute Gasteiger partial charge is 0.125 e. The summed E-state index contributed by atoms with van der Waals surface area (Å²) in [6.07, 6.45) is 7.45. The van der Waals surface area contributed by atoms with Crippen molar-refractivity contribution in [3.05, 3.63) is 23.9 Å². The van der Waals surface area contributed by atoms with E-state index in [1.807, 2.05) is 13.2 Å². The van der Waals surface area contributed by atoms with E-state index in [0.29, 0.717) is 0 Å². The van der Waals surface area contributed by atoms with Crippen LogP contribution in [-0.4, -0.2) is 29.5 Å². The molecule has 106 valence electrons. The molecule has 1 aromatic rings. The average molecular weight is 261 g/mol. The Balaban J connectivity index is 2.05. The largest absolute Gasteiger partial charge is 0.373 e. The summed E-state index contributed by atoms with van der Waals surface area (Å²) in [7, 11) is 1.93. The quantitative estimate of drug-likeness (QED) is 0.849. The predicted octanol–water partition coefficient (Wildman–Crippen LogP) is 3.52. The molecule has 1 heterocycles. The molecule has 0 bridgehead atoms. The van der Waals surface area contributed by atoms with Crippen molar-refractivity contribution in [3.63, 3.8) is 0 Å². The lowest BCUT2D eigenvalue weighted by atomic mass is 10.1. The van der Waals surface area contributed by atoms with Crippen LogP contribution < -0.4 is 5.32 Å². The highest BCUT2D eigenvalue weighted by Crippen LogP contribution is 2.26. The van der Waals surface area contributed by atoms with E-state index in [0.717, 1.165) is 24.3 Å². The second kappa shape index (κ2) is 6.90. The van der Waals surface area contributed by atoms with Gasteiger partial charge in [0.05, 0.1) is 0 Å². The molecule has 1 saturated carbocycles. The molecule has 1 aliphatic carbocycles. The predicted molar refractivity (Wildman–Crippen MR) is 81.3 cm³/mol. The molecule has 0 aromatic carbocycles. The topological polar surface area (TPSA) is 28.2 Å². The first kappa shape index (κ1) is 14.3. The molecule has 0 aliphatic heterocycles. The number of rotatable bonds is 6. The van der Waals surface area contributed by atoms with Crippen molar-refractivity contribution in [2.75, 3.05) is 18.9 Å². The molecule has 19 heavy (non-hydrogen) atoms. The number of aromatic nitrogens is 1. The van der Waals surface area contributed by atoms with E-state index >= 15 is 0 Å². The fourth-order valence-electron chi connectivity index (χ4n) is 3.03. The Labute approximate surface area is 117 Å². The zero-order chi connectivity index (χ0) is 13.7. The molecule has 2 rings (SSSR count). The van der Waals surface area contributed by atoms with Crippen molar-refractivity contribution >= 4 is 5.82 Å². The summed E-state index contributed by atoms with van der Waals surface area (Å²) in [5.74, 6) is 1.69. The van der Waals surface area contributed by atoms with E-state index in [1.165, 1.54) is 37.8 Å². The monoisotopic (exact) mass is 261 g/mol. The van der Waals surface area contributed by atoms with Crippen molar-refractivity contribution in [1.29, 1.82) is 0 Å². The summed E-state index contributed by atoms with van der Waals surface area (Å²) >= 11 is 0. The summed E-state index contributed by atoms with van der Waals surface area (Å²) in [5, 5.41) is 3.12. The van der Waals surface area contributed by atoms with Gasteiger partial charge in [-0.25, -0.2) is 4.98 Å². The molecule has 1 aliphatic rings. The average Bonchev–Trinajstić information content (AvgIpc) is 2.91. The first-order valence-corrected chi connectivity index (χ1v) is 7.55. The van der Waals surface area contributed by atoms with Gasteiger partial charge in [-0.1, -0.05) is 26.7 Å². The number of hydrogen-bond donors (Lipinski definition) is 1. The van der Waals surface area contributed by atoms with Crippen LogP contribution in [0, 0.1) is 5.92 Å². The number of pyridine rings is 1. The summed E-state index contributed by atoms with van der Waals surface area (Å²) in [4.78, 5) is 6.97. The Morgan fingerprint density at radius 2 is 2.11 bits per heavy atom. The molecule has 0 atom stereocenters. The van der Waals surface area contributed by atoms with Crippen LogP contribution in [-0.2, 0) is 6.54 Å². The van der Waals surface area contributed by atoms with Crippen LogP contribution in [0.1, 0.15) is 45.1 Å². The van der Waals surface area contributed by atoms with Crippen LogP contribution in [0.4, 0.5) is 5.82 Å². The maximum Gasteiger partial charge on any atom is 0.125 e. The molecule has 0 radical (unpaired) electrons. The highest BCUT2D eigenvalue weighted by atomic mass is 15.2. The van der Waals surface area contributed by atoms with E-state index in [-0.39, 0.29) is 0 Å². The zero-order valence-corrected chi connectivity index (χ0v) is 12.5. The van der Waals surface area contributed by atoms with E-state index in [1.54, 1.807) is 0 Å². The van der Waals surface area contributed by atoms with Crippen molar-refractivity contribution in [2.24, 2.45) is 5.92 Å². The zero-order valence-electron chi connectivity index (χ0n) is 12.5. The maximum absolute atomic E-state index is 4.29. The standard InChI is InChI=1S/C16H27N3/c1-13(2)11-19(15-6-4-5-7-15)12-14-8-9-18-16(10-14)17-3/h8-10,13,15H,4-7,11-12H2,1-3H3,(H,17,18). The summed E-state index contributed by atoms with van der Waals surface area (Å²) in [5.41, 5.74) is 1.37. The number of nitrogens with one attached hydrogen (secondary N) is 1. The summed E-state index contributed by atoms with van der Waals surface area (Å²) < 4.78 is 0. The Hall–Kier alpha value is -1.09. The fraction of sp³-hybridized carbons (Fsp3) is 0.688. The van der Waals surface area contributed by atoms with Gasteiger partial charge in [0.25, 0.3) is 0 Å². The van der Waals surface area contributed by atoms with Gasteiger partial charge in [-0.3, -0.25) is 4.90 Å². The van der Waals surface area contributed by atoms with Gasteiger partial charge < -0.3 is 5.32 Å². The number of nitrogens with zero attached hydrogens (tertiary/aromatic N) is 2. The maximum atomic E-state index is 4.29. The lowest BCUT2D eigenvalue weighted by Crippen LogP contribution is -2.35. The third-order valence-corrected chi connectivity index (χ3v) is 3.91. The molecule has 0 spiro atoms. The molecule has 1 aromatic heterocycles. The third kappa shape index (κ3) is 4.20. The number of anilines is 1. The minimum absolute atomic E-state index is 0.728. The molecule has 0 saturated heterocycles. The molecular weight excluding hydrogens is 234 g/mol. The number of hydrogen-bond acceptors (Lipinski definition) is 3. The Morgan fingerprint density at radius 1 is 1.37 bits per heavy atom. The van der Waals surface area contributed by atoms with Crippen molar-refractivity contribution in [3.8, 4) is 0 Å². The van der Waals surface area contributed by atoms with Crippen LogP contribution in [0.2, 0.25) is 0 Å². The lowest BCUT2D eigenvalue weighted by Gasteiger charge is -2.30. The lowest BCUT2D eigenvalue weighted by molar-refractivity contribution is 0.168. The van der Waals surface area contributed by atoms with Gasteiger partial charge in [0.15, 0.2) is 0 Å². The first-order chi connectivity index (χ1) is 9.19. The Kier molecular flexibility index (Phi) is 5.20. The third-order valence-electron chi connectivity index (χ3n) is 3.91. The van der Waals surface area contributed by atoms with Crippen LogP contribution in [0.3, 0.4) is 0 Å². The molecule has 0 unspecified atom stereocenters. The second-order valence-electron chi connectivity index (χ2n) is 6.06. The summed E-state index contributed by atoms with van der Waals surface area (Å²) in [6, 6.07) is 5.10. The second-order valence-corrected chi connectivity index (χ2v) is 6.06. The van der Waals surface area contributed by atoms with E-state index < -0.39 is 0 Å². The Morgan fingerprint density at radius 3 is 2.74 bits per heavy atom. The molecule has 3 nitrogen and oxygen atoms in total. The van der Waals surface area contributed by atoms with Crippen LogP contribution in [0.25, 0.3) is 0 Å².